The average Bonchev–Trinajstić information content (AvgIpc) is 3.24. The van der Waals surface area contributed by atoms with Crippen LogP contribution < -0.4 is 14.8 Å². The molecule has 1 heterocycles. The maximum absolute atomic E-state index is 12.3. The summed E-state index contributed by atoms with van der Waals surface area (Å²) in [5, 5.41) is 7.58. The van der Waals surface area contributed by atoms with E-state index >= 15 is 0 Å². The van der Waals surface area contributed by atoms with Gasteiger partial charge in [0.25, 0.3) is 5.17 Å². The van der Waals surface area contributed by atoms with Crippen molar-refractivity contribution < 1.29 is 22.6 Å². The highest BCUT2D eigenvalue weighted by Crippen LogP contribution is 2.24. The molecule has 0 atom stereocenters. The van der Waals surface area contributed by atoms with E-state index in [0.29, 0.717) is 17.3 Å². The maximum Gasteiger partial charge on any atom is 0.573 e. The lowest BCUT2D eigenvalue weighted by atomic mass is 10.2. The molecule has 0 aliphatic carbocycles. The molecule has 0 saturated carbocycles. The number of benzene rings is 3. The second-order valence-electron chi connectivity index (χ2n) is 6.46. The summed E-state index contributed by atoms with van der Waals surface area (Å²) in [4.78, 5) is 4.26. The van der Waals surface area contributed by atoms with Gasteiger partial charge in [-0.1, -0.05) is 18.2 Å². The third-order valence-corrected chi connectivity index (χ3v) is 4.36. The number of thiocarbonyl (C=S) groups is 1. The molecular formula is C22H15F3N4O2S. The first-order chi connectivity index (χ1) is 15.4. The maximum atomic E-state index is 12.3. The molecule has 4 aromatic rings. The van der Waals surface area contributed by atoms with E-state index in [9.17, 15) is 13.2 Å². The van der Waals surface area contributed by atoms with Crippen molar-refractivity contribution in [2.24, 2.45) is 0 Å². The lowest BCUT2D eigenvalue weighted by Gasteiger charge is -2.09. The molecule has 0 saturated heterocycles. The number of hydrogen-bond donors (Lipinski definition) is 1. The van der Waals surface area contributed by atoms with Gasteiger partial charge < -0.3 is 14.8 Å². The molecule has 0 fully saturated rings. The summed E-state index contributed by atoms with van der Waals surface area (Å²) in [6.45, 7) is 0. The van der Waals surface area contributed by atoms with Crippen LogP contribution in [0.3, 0.4) is 0 Å². The predicted octanol–water partition coefficient (Wildman–Crippen LogP) is 5.61. The Labute approximate surface area is 186 Å². The van der Waals surface area contributed by atoms with Crippen molar-refractivity contribution in [3.05, 3.63) is 85.2 Å². The van der Waals surface area contributed by atoms with E-state index in [0.717, 1.165) is 11.3 Å². The molecule has 0 spiro atoms. The number of nitrogens with zero attached hydrogens (tertiary/aromatic N) is 3. The summed E-state index contributed by atoms with van der Waals surface area (Å²) in [7, 11) is 0. The van der Waals surface area contributed by atoms with Gasteiger partial charge in [-0.15, -0.1) is 18.3 Å². The first-order valence-electron chi connectivity index (χ1n) is 9.28. The van der Waals surface area contributed by atoms with Crippen LogP contribution in [0.4, 0.5) is 18.9 Å². The topological polar surface area (TPSA) is 61.2 Å². The van der Waals surface area contributed by atoms with Crippen LogP contribution in [0.5, 0.6) is 11.5 Å². The molecule has 10 heteroatoms. The third-order valence-electron chi connectivity index (χ3n) is 4.17. The molecule has 3 aromatic carbocycles. The van der Waals surface area contributed by atoms with Gasteiger partial charge in [-0.2, -0.15) is 0 Å². The van der Waals surface area contributed by atoms with Crippen LogP contribution in [0.25, 0.3) is 17.1 Å². The summed E-state index contributed by atoms with van der Waals surface area (Å²) in [5.41, 5.74) is 2.02. The molecule has 0 unspecified atom stereocenters. The molecule has 32 heavy (non-hydrogen) atoms. The van der Waals surface area contributed by atoms with Crippen LogP contribution in [-0.2, 0) is 0 Å². The fourth-order valence-corrected chi connectivity index (χ4v) is 2.98. The minimum atomic E-state index is -4.74. The zero-order valence-corrected chi connectivity index (χ0v) is 17.1. The number of alkyl halides is 3. The van der Waals surface area contributed by atoms with Crippen LogP contribution in [0.15, 0.2) is 85.2 Å². The van der Waals surface area contributed by atoms with E-state index in [2.05, 4.69) is 20.1 Å². The molecule has 0 aliphatic heterocycles. The van der Waals surface area contributed by atoms with Crippen LogP contribution >= 0.6 is 12.2 Å². The Bertz CT molecular complexity index is 1190. The Kier molecular flexibility index (Phi) is 6.04. The van der Waals surface area contributed by atoms with Gasteiger partial charge in [-0.05, 0) is 72.9 Å². The fourth-order valence-electron chi connectivity index (χ4n) is 2.76. The van der Waals surface area contributed by atoms with Gasteiger partial charge in [-0.25, -0.2) is 9.67 Å². The highest BCUT2D eigenvalue weighted by atomic mass is 32.1. The van der Waals surface area contributed by atoms with E-state index in [4.69, 9.17) is 17.0 Å². The summed E-state index contributed by atoms with van der Waals surface area (Å²) in [5.74, 6) is 0.781. The van der Waals surface area contributed by atoms with Crippen molar-refractivity contribution in [2.45, 2.75) is 6.36 Å². The molecule has 0 bridgehead atoms. The van der Waals surface area contributed by atoms with Crippen LogP contribution in [-0.4, -0.2) is 26.3 Å². The first kappa shape index (κ1) is 21.3. The lowest BCUT2D eigenvalue weighted by molar-refractivity contribution is -0.274. The summed E-state index contributed by atoms with van der Waals surface area (Å²) in [6, 6.07) is 21.8. The summed E-state index contributed by atoms with van der Waals surface area (Å²) in [6.07, 6.45) is -3.26. The number of ether oxygens (including phenoxy) is 2. The molecule has 162 valence electrons. The first-order valence-corrected chi connectivity index (χ1v) is 9.69. The number of hydrogen-bond acceptors (Lipinski definition) is 5. The van der Waals surface area contributed by atoms with Gasteiger partial charge in [0.2, 0.25) is 0 Å². The van der Waals surface area contributed by atoms with Crippen molar-refractivity contribution in [3.63, 3.8) is 0 Å². The number of para-hydroxylation sites is 1. The zero-order chi connectivity index (χ0) is 22.6. The van der Waals surface area contributed by atoms with E-state index in [1.165, 1.54) is 35.3 Å². The molecule has 1 aromatic heterocycles. The van der Waals surface area contributed by atoms with Crippen LogP contribution in [0.2, 0.25) is 0 Å². The van der Waals surface area contributed by atoms with E-state index in [1.54, 1.807) is 24.3 Å². The van der Waals surface area contributed by atoms with Crippen molar-refractivity contribution in [3.8, 4) is 28.6 Å². The Morgan fingerprint density at radius 1 is 0.875 bits per heavy atom. The molecule has 4 rings (SSSR count). The van der Waals surface area contributed by atoms with Crippen molar-refractivity contribution >= 4 is 23.1 Å². The minimum Gasteiger partial charge on any atom is -0.432 e. The number of anilines is 1. The Balaban J connectivity index is 1.40. The van der Waals surface area contributed by atoms with Gasteiger partial charge in [-0.3, -0.25) is 0 Å². The van der Waals surface area contributed by atoms with E-state index < -0.39 is 6.36 Å². The largest absolute Gasteiger partial charge is 0.573 e. The smallest absolute Gasteiger partial charge is 0.432 e. The van der Waals surface area contributed by atoms with Crippen molar-refractivity contribution in [1.82, 2.24) is 14.8 Å². The van der Waals surface area contributed by atoms with Gasteiger partial charge in [0.05, 0.1) is 5.69 Å². The highest BCUT2D eigenvalue weighted by Gasteiger charge is 2.31. The molecular weight excluding hydrogens is 441 g/mol. The SMILES string of the molecule is FC(F)(F)Oc1ccc(-n2cnc(-c3ccc(NC(=S)Oc4ccccc4)cc3)n2)cc1. The number of aromatic nitrogens is 3. The second-order valence-corrected chi connectivity index (χ2v) is 6.83. The minimum absolute atomic E-state index is 0.212. The number of nitrogens with one attached hydrogen (secondary N) is 1. The van der Waals surface area contributed by atoms with Gasteiger partial charge in [0.15, 0.2) is 5.82 Å². The predicted molar refractivity (Wildman–Crippen MR) is 117 cm³/mol. The molecule has 0 aliphatic rings. The third kappa shape index (κ3) is 5.61. The quantitative estimate of drug-likeness (QED) is 0.394. The highest BCUT2D eigenvalue weighted by molar-refractivity contribution is 7.80. The monoisotopic (exact) mass is 456 g/mol. The number of rotatable bonds is 5. The zero-order valence-electron chi connectivity index (χ0n) is 16.3. The molecule has 0 radical (unpaired) electrons. The molecule has 1 N–H and O–H groups in total. The normalized spacial score (nSPS) is 11.1. The summed E-state index contributed by atoms with van der Waals surface area (Å²) >= 11 is 5.21. The van der Waals surface area contributed by atoms with E-state index in [-0.39, 0.29) is 10.9 Å². The van der Waals surface area contributed by atoms with Gasteiger partial charge >= 0.3 is 6.36 Å². The molecule has 0 amide bonds. The average molecular weight is 456 g/mol. The molecule has 6 nitrogen and oxygen atoms in total. The Hall–Kier alpha value is -3.92. The standard InChI is InChI=1S/C22H15F3N4O2S/c23-22(24,25)31-19-12-10-17(11-13-19)29-14-26-20(28-29)15-6-8-16(9-7-15)27-21(32)30-18-4-2-1-3-5-18/h1-14H,(H,27,32). The lowest BCUT2D eigenvalue weighted by Crippen LogP contribution is -2.17. The Morgan fingerprint density at radius 2 is 1.56 bits per heavy atom. The van der Waals surface area contributed by atoms with Gasteiger partial charge in [0, 0.05) is 11.3 Å². The number of halogens is 3. The fraction of sp³-hybridized carbons (Fsp3) is 0.0455. The van der Waals surface area contributed by atoms with Crippen LogP contribution in [0, 0.1) is 0 Å². The van der Waals surface area contributed by atoms with Crippen molar-refractivity contribution in [1.29, 1.82) is 0 Å². The van der Waals surface area contributed by atoms with Crippen LogP contribution in [0.1, 0.15) is 0 Å². The van der Waals surface area contributed by atoms with Crippen molar-refractivity contribution in [2.75, 3.05) is 5.32 Å². The Morgan fingerprint density at radius 3 is 2.22 bits per heavy atom. The van der Waals surface area contributed by atoms with Gasteiger partial charge in [0.1, 0.15) is 17.8 Å². The second kappa shape index (κ2) is 9.06. The summed E-state index contributed by atoms with van der Waals surface area (Å²) < 4.78 is 47.7. The van der Waals surface area contributed by atoms with E-state index in [1.807, 2.05) is 30.3 Å².